The number of hydrogen-bond donors (Lipinski definition) is 1. The fourth-order valence-corrected chi connectivity index (χ4v) is 3.71. The van der Waals surface area contributed by atoms with Crippen LogP contribution in [0.3, 0.4) is 0 Å². The monoisotopic (exact) mass is 286 g/mol. The zero-order valence-corrected chi connectivity index (χ0v) is 13.0. The van der Waals surface area contributed by atoms with Gasteiger partial charge in [0.15, 0.2) is 0 Å². The summed E-state index contributed by atoms with van der Waals surface area (Å²) < 4.78 is 0. The summed E-state index contributed by atoms with van der Waals surface area (Å²) in [6.07, 6.45) is 9.62. The van der Waals surface area contributed by atoms with E-state index in [4.69, 9.17) is 0 Å². The van der Waals surface area contributed by atoms with Crippen molar-refractivity contribution in [3.8, 4) is 0 Å². The fourth-order valence-electron chi connectivity index (χ4n) is 3.71. The van der Waals surface area contributed by atoms with Crippen LogP contribution >= 0.6 is 0 Å². The molecule has 0 bridgehead atoms. The smallest absolute Gasteiger partial charge is 0.254 e. The van der Waals surface area contributed by atoms with Crippen molar-refractivity contribution in [1.29, 1.82) is 0 Å². The molecule has 21 heavy (non-hydrogen) atoms. The maximum absolute atomic E-state index is 12.9. The van der Waals surface area contributed by atoms with E-state index in [0.717, 1.165) is 43.5 Å². The van der Waals surface area contributed by atoms with Gasteiger partial charge in [-0.05, 0) is 43.4 Å². The van der Waals surface area contributed by atoms with Crippen LogP contribution in [0.5, 0.6) is 0 Å². The molecule has 3 nitrogen and oxygen atoms in total. The fraction of sp³-hybridized carbons (Fsp3) is 0.611. The molecule has 1 heterocycles. The van der Waals surface area contributed by atoms with E-state index < -0.39 is 0 Å². The predicted octanol–water partition coefficient (Wildman–Crippen LogP) is 3.84. The van der Waals surface area contributed by atoms with Gasteiger partial charge >= 0.3 is 0 Å². The maximum Gasteiger partial charge on any atom is 0.254 e. The van der Waals surface area contributed by atoms with Gasteiger partial charge in [-0.1, -0.05) is 31.7 Å². The Hall–Kier alpha value is -1.51. The Bertz CT molecular complexity index is 504. The minimum Gasteiger partial charge on any atom is -0.385 e. The number of hydrogen-bond acceptors (Lipinski definition) is 2. The normalized spacial score (nSPS) is 19.3. The Labute approximate surface area is 127 Å². The number of fused-ring (bicyclic) bond motifs is 1. The third-order valence-electron chi connectivity index (χ3n) is 5.02. The molecule has 2 aliphatic rings. The van der Waals surface area contributed by atoms with Crippen LogP contribution in [0.1, 0.15) is 60.9 Å². The van der Waals surface area contributed by atoms with E-state index in [9.17, 15) is 4.79 Å². The number of carbonyl (C=O) groups is 1. The van der Waals surface area contributed by atoms with Gasteiger partial charge in [0.25, 0.3) is 5.91 Å². The molecule has 0 spiro atoms. The average Bonchev–Trinajstić information content (AvgIpc) is 2.82. The molecule has 1 N–H and O–H groups in total. The van der Waals surface area contributed by atoms with Gasteiger partial charge in [-0.25, -0.2) is 0 Å². The number of anilines is 1. The van der Waals surface area contributed by atoms with Crippen molar-refractivity contribution in [3.63, 3.8) is 0 Å². The number of rotatable bonds is 2. The molecule has 0 saturated heterocycles. The van der Waals surface area contributed by atoms with E-state index in [1.807, 2.05) is 24.1 Å². The van der Waals surface area contributed by atoms with Crippen LogP contribution in [-0.2, 0) is 6.42 Å². The molecular weight excluding hydrogens is 260 g/mol. The predicted molar refractivity (Wildman–Crippen MR) is 86.8 cm³/mol. The summed E-state index contributed by atoms with van der Waals surface area (Å²) in [6, 6.07) is 6.52. The average molecular weight is 286 g/mol. The van der Waals surface area contributed by atoms with Crippen LogP contribution in [0.2, 0.25) is 0 Å². The second kappa shape index (κ2) is 6.50. The highest BCUT2D eigenvalue weighted by Crippen LogP contribution is 2.28. The molecule has 0 atom stereocenters. The van der Waals surface area contributed by atoms with E-state index in [0.29, 0.717) is 6.04 Å². The summed E-state index contributed by atoms with van der Waals surface area (Å²) in [4.78, 5) is 14.9. The van der Waals surface area contributed by atoms with Gasteiger partial charge in [0.1, 0.15) is 0 Å². The minimum atomic E-state index is 0.211. The molecule has 0 unspecified atom stereocenters. The van der Waals surface area contributed by atoms with Crippen molar-refractivity contribution in [2.45, 2.75) is 57.4 Å². The highest BCUT2D eigenvalue weighted by Gasteiger charge is 2.25. The minimum absolute atomic E-state index is 0.211. The number of carbonyl (C=O) groups excluding carboxylic acids is 1. The SMILES string of the molecule is CN(C(=O)c1cccc2c1CCCN2)C1CCCCCC1. The lowest BCUT2D eigenvalue weighted by molar-refractivity contribution is 0.0716. The summed E-state index contributed by atoms with van der Waals surface area (Å²) >= 11 is 0. The maximum atomic E-state index is 12.9. The van der Waals surface area contributed by atoms with E-state index in [1.54, 1.807) is 0 Å². The zero-order chi connectivity index (χ0) is 14.7. The van der Waals surface area contributed by atoms with Crippen LogP contribution in [-0.4, -0.2) is 30.4 Å². The molecule has 1 saturated carbocycles. The quantitative estimate of drug-likeness (QED) is 0.838. The number of benzene rings is 1. The molecule has 1 amide bonds. The van der Waals surface area contributed by atoms with Gasteiger partial charge in [0.2, 0.25) is 0 Å². The lowest BCUT2D eigenvalue weighted by atomic mass is 9.96. The van der Waals surface area contributed by atoms with Gasteiger partial charge in [-0.2, -0.15) is 0 Å². The summed E-state index contributed by atoms with van der Waals surface area (Å²) in [5.74, 6) is 0.211. The van der Waals surface area contributed by atoms with Gasteiger partial charge in [0, 0.05) is 30.9 Å². The Balaban J connectivity index is 1.81. The summed E-state index contributed by atoms with van der Waals surface area (Å²) in [5, 5.41) is 3.42. The lowest BCUT2D eigenvalue weighted by Gasteiger charge is -2.29. The molecule has 1 aliphatic carbocycles. The van der Waals surface area contributed by atoms with Gasteiger partial charge in [-0.3, -0.25) is 4.79 Å². The molecule has 114 valence electrons. The highest BCUT2D eigenvalue weighted by atomic mass is 16.2. The molecule has 1 aliphatic heterocycles. The first-order valence-electron chi connectivity index (χ1n) is 8.40. The van der Waals surface area contributed by atoms with Gasteiger partial charge in [0.05, 0.1) is 0 Å². The van der Waals surface area contributed by atoms with Crippen LogP contribution in [0.4, 0.5) is 5.69 Å². The summed E-state index contributed by atoms with van der Waals surface area (Å²) in [5.41, 5.74) is 3.28. The Morgan fingerprint density at radius 2 is 1.90 bits per heavy atom. The van der Waals surface area contributed by atoms with Crippen LogP contribution in [0.25, 0.3) is 0 Å². The second-order valence-corrected chi connectivity index (χ2v) is 6.42. The van der Waals surface area contributed by atoms with Crippen molar-refractivity contribution >= 4 is 11.6 Å². The zero-order valence-electron chi connectivity index (χ0n) is 13.0. The third-order valence-corrected chi connectivity index (χ3v) is 5.02. The summed E-state index contributed by atoms with van der Waals surface area (Å²) in [7, 11) is 1.99. The topological polar surface area (TPSA) is 32.3 Å². The molecule has 1 fully saturated rings. The molecule has 3 rings (SSSR count). The van der Waals surface area contributed by atoms with Gasteiger partial charge in [-0.15, -0.1) is 0 Å². The first-order valence-corrected chi connectivity index (χ1v) is 8.40. The molecule has 3 heteroatoms. The van der Waals surface area contributed by atoms with Crippen LogP contribution < -0.4 is 5.32 Å². The lowest BCUT2D eigenvalue weighted by Crippen LogP contribution is -2.37. The van der Waals surface area contributed by atoms with Crippen LogP contribution in [0, 0.1) is 0 Å². The Morgan fingerprint density at radius 3 is 2.67 bits per heavy atom. The largest absolute Gasteiger partial charge is 0.385 e. The highest BCUT2D eigenvalue weighted by molar-refractivity contribution is 5.97. The number of nitrogens with zero attached hydrogens (tertiary/aromatic N) is 1. The summed E-state index contributed by atoms with van der Waals surface area (Å²) in [6.45, 7) is 1.02. The molecule has 0 aromatic heterocycles. The van der Waals surface area contributed by atoms with Crippen molar-refractivity contribution in [3.05, 3.63) is 29.3 Å². The van der Waals surface area contributed by atoms with Crippen molar-refractivity contribution in [1.82, 2.24) is 4.90 Å². The molecule has 1 aromatic carbocycles. The standard InChI is InChI=1S/C18H26N2O/c1-20(14-8-4-2-3-5-9-14)18(21)16-10-6-12-17-15(16)11-7-13-19-17/h6,10,12,14,19H,2-5,7-9,11,13H2,1H3. The van der Waals surface area contributed by atoms with Crippen LogP contribution in [0.15, 0.2) is 18.2 Å². The van der Waals surface area contributed by atoms with Crippen molar-refractivity contribution in [2.75, 3.05) is 18.9 Å². The Kier molecular flexibility index (Phi) is 4.47. The van der Waals surface area contributed by atoms with E-state index in [-0.39, 0.29) is 5.91 Å². The second-order valence-electron chi connectivity index (χ2n) is 6.42. The Morgan fingerprint density at radius 1 is 1.14 bits per heavy atom. The van der Waals surface area contributed by atoms with E-state index in [1.165, 1.54) is 31.2 Å². The molecule has 0 radical (unpaired) electrons. The van der Waals surface area contributed by atoms with Crippen molar-refractivity contribution in [2.24, 2.45) is 0 Å². The molecular formula is C18H26N2O. The van der Waals surface area contributed by atoms with E-state index >= 15 is 0 Å². The number of nitrogens with one attached hydrogen (secondary N) is 1. The van der Waals surface area contributed by atoms with Crippen molar-refractivity contribution < 1.29 is 4.79 Å². The first kappa shape index (κ1) is 14.4. The van der Waals surface area contributed by atoms with E-state index in [2.05, 4.69) is 11.4 Å². The molecule has 1 aromatic rings. The third kappa shape index (κ3) is 3.07. The number of amides is 1. The van der Waals surface area contributed by atoms with Gasteiger partial charge < -0.3 is 10.2 Å². The first-order chi connectivity index (χ1) is 10.3.